The summed E-state index contributed by atoms with van der Waals surface area (Å²) in [7, 11) is 1.18. The highest BCUT2D eigenvalue weighted by molar-refractivity contribution is 6.40. The van der Waals surface area contributed by atoms with Crippen molar-refractivity contribution < 1.29 is 131 Å². The van der Waals surface area contributed by atoms with Crippen LogP contribution in [0, 0.1) is 11.8 Å². The number of aromatic carboxylic acids is 3. The number of carboxylic acid groups (broad SMARTS) is 7. The van der Waals surface area contributed by atoms with E-state index >= 15 is 0 Å². The molecule has 1 saturated carbocycles. The van der Waals surface area contributed by atoms with Crippen molar-refractivity contribution in [1.29, 1.82) is 0 Å². The van der Waals surface area contributed by atoms with Crippen molar-refractivity contribution in [2.24, 2.45) is 31.8 Å². The predicted molar refractivity (Wildman–Crippen MR) is 439 cm³/mol. The molecule has 4 aliphatic heterocycles. The molecule has 28 N–H and O–H groups in total. The summed E-state index contributed by atoms with van der Waals surface area (Å²) >= 11 is 48.1. The number of benzene rings is 4. The number of nitrogens with zero attached hydrogens (tertiary/aromatic N) is 4. The second-order valence-electron chi connectivity index (χ2n) is 23.7. The van der Waals surface area contributed by atoms with Gasteiger partial charge in [-0.3, -0.25) is 14.4 Å². The first-order valence-corrected chi connectivity index (χ1v) is 38.6. The van der Waals surface area contributed by atoms with E-state index in [9.17, 15) is 38.4 Å². The van der Waals surface area contributed by atoms with Crippen molar-refractivity contribution in [2.45, 2.75) is 64.2 Å². The summed E-state index contributed by atoms with van der Waals surface area (Å²) in [6.45, 7) is 9.38. The molecule has 0 saturated heterocycles. The number of para-hydroxylation sites is 4. The van der Waals surface area contributed by atoms with Crippen molar-refractivity contribution in [1.82, 2.24) is 21.3 Å². The third-order valence-corrected chi connectivity index (χ3v) is 17.7. The number of unbranched alkanes of at least 4 members (excludes halogenated alkanes) is 2. The molecule has 0 spiro atoms. The van der Waals surface area contributed by atoms with Gasteiger partial charge >= 0.3 is 47.8 Å². The summed E-state index contributed by atoms with van der Waals surface area (Å²) in [5.74, 6) is -3.04. The van der Waals surface area contributed by atoms with E-state index in [0.717, 1.165) is 163 Å². The fourth-order valence-electron chi connectivity index (χ4n) is 9.21. The average Bonchev–Trinajstić information content (AvgIpc) is 1.67. The van der Waals surface area contributed by atoms with Crippen molar-refractivity contribution in [2.75, 3.05) is 79.1 Å². The Labute approximate surface area is 707 Å². The quantitative estimate of drug-likeness (QED) is 0.0180. The number of nitrogens with one attached hydrogen (secondary N) is 4. The lowest BCUT2D eigenvalue weighted by Gasteiger charge is -2.23. The van der Waals surface area contributed by atoms with Crippen LogP contribution in [0.5, 0.6) is 0 Å². The van der Waals surface area contributed by atoms with Crippen LogP contribution in [0.2, 0.25) is 40.2 Å². The Hall–Kier alpha value is -9.86. The molecule has 116 heavy (non-hydrogen) atoms. The van der Waals surface area contributed by atoms with Gasteiger partial charge < -0.3 is 92.2 Å². The van der Waals surface area contributed by atoms with Gasteiger partial charge in [-0.2, -0.15) is 0 Å². The van der Waals surface area contributed by atoms with Crippen LogP contribution >= 0.6 is 92.8 Å². The Morgan fingerprint density at radius 3 is 0.905 bits per heavy atom. The molecule has 34 nitrogen and oxygen atoms in total. The van der Waals surface area contributed by atoms with Crippen LogP contribution in [0.15, 0.2) is 173 Å². The predicted octanol–water partition coefficient (Wildman–Crippen LogP) is 6.41. The molecule has 7 heterocycles. The number of halogens is 8. The van der Waals surface area contributed by atoms with Crippen LogP contribution in [0.3, 0.4) is 0 Å². The van der Waals surface area contributed by atoms with Gasteiger partial charge in [0.25, 0.3) is 23.8 Å². The van der Waals surface area contributed by atoms with Crippen LogP contribution < -0.4 is 59.7 Å². The third-order valence-electron chi connectivity index (χ3n) is 15.1. The number of aliphatic imine (C=N–C) groups is 4. The van der Waals surface area contributed by atoms with E-state index in [1.54, 1.807) is 0 Å². The molecule has 0 radical (unpaired) electrons. The number of quaternary nitrogens is 7. The van der Waals surface area contributed by atoms with E-state index in [0.29, 0.717) is 71.6 Å². The first-order valence-electron chi connectivity index (χ1n) is 35.6. The molecule has 0 amide bonds. The lowest BCUT2D eigenvalue weighted by molar-refractivity contribution is -0.448. The standard InChI is InChI=1S/4C9H9Cl2N3.C8H15NO2.C6H13NO2.C5H6O4.3C5H4O3.C4H9NO2/c4*10-6-2-1-3-7(11)8(6)14-9-12-4-5-13-9;9-5-6-1-3-7(4-2-6)8(10)11;7-5-3-1-2-4-6(8)9;1-9-5(8)3-2-4(6)7;3*6-5(7)4-2-1-3-8-4;5-3-1-2-4(6)7/h4*1-3H,4-5H2,(H2,12,13,14);6-7H,1-5,9H2,(H,10,11);1-5,7H2,(H,8,9);2-3H,1H3,(H,6,7);3*1-3H,(H,6,7);1-3,5H2,(H,6,7)/p+7/b;;;;;;3-2+;;;;. The Kier molecular flexibility index (Phi) is 53.4. The fourth-order valence-corrected chi connectivity index (χ4v) is 11.2. The summed E-state index contributed by atoms with van der Waals surface area (Å²) in [6, 6.07) is 30.6. The summed E-state index contributed by atoms with van der Waals surface area (Å²) in [5, 5.41) is 82.6. The molecule has 12 rings (SSSR count). The summed E-state index contributed by atoms with van der Waals surface area (Å²) < 4.78 is 17.6. The molecular weight excluding hydrogens is 1690 g/mol. The Morgan fingerprint density at radius 2 is 0.716 bits per heavy atom. The number of carboxylic acids is 7. The zero-order chi connectivity index (χ0) is 86.2. The van der Waals surface area contributed by atoms with Crippen molar-refractivity contribution >= 4 is 187 Å². The Balaban J connectivity index is 0.000000437. The van der Waals surface area contributed by atoms with Crippen LogP contribution in [0.4, 0.5) is 22.7 Å². The zero-order valence-corrected chi connectivity index (χ0v) is 69.1. The first-order chi connectivity index (χ1) is 55.4. The number of rotatable bonds is 19. The topological polar surface area (TPSA) is 574 Å². The van der Waals surface area contributed by atoms with Gasteiger partial charge in [-0.05, 0) is 130 Å². The highest BCUT2D eigenvalue weighted by Crippen LogP contribution is 2.30. The molecule has 1 aliphatic carbocycles. The minimum atomic E-state index is -1.17. The SMILES string of the molecule is COC(=O)/C=C/C(=O)O.Clc1cccc(Cl)c1[NH2+]C1=NCCN1.Clc1cccc(Cl)c1[NH2+]C1=NCCN1.Clc1cccc(Cl)c1[NH2+]C1=NCCN1.Clc1cccc(Cl)c1[NH2+]C1=NCCN1.O=C(O)c1ccco1.O=C(O)c1ccco1.O=C(O)c1ccco1.[NH3+]CC1CCC(C(=O)O)CC1.[NH3+]CCCC(=O)O.[NH3+]CCCCCC(=O)O. The maximum atomic E-state index is 10.5. The monoisotopic (exact) mass is 1780 g/mol. The number of hydrogen-bond donors (Lipinski definition) is 18. The number of guanidine groups is 4. The van der Waals surface area contributed by atoms with Crippen LogP contribution in [0.1, 0.15) is 95.9 Å². The first kappa shape index (κ1) is 102. The number of methoxy groups -OCH3 is 1. The molecule has 1 fully saturated rings. The molecule has 0 atom stereocenters. The van der Waals surface area contributed by atoms with Gasteiger partial charge in [0.15, 0.2) is 22.7 Å². The Bertz CT molecular complexity index is 3810. The van der Waals surface area contributed by atoms with Crippen LogP contribution in [-0.2, 0) is 28.7 Å². The highest BCUT2D eigenvalue weighted by Gasteiger charge is 2.26. The minimum Gasteiger partial charge on any atom is -0.481 e. The van der Waals surface area contributed by atoms with Gasteiger partial charge in [0.1, 0.15) is 40.2 Å². The average molecular weight is 1790 g/mol. The molecule has 0 bridgehead atoms. The van der Waals surface area contributed by atoms with E-state index in [-0.39, 0.29) is 29.6 Å². The van der Waals surface area contributed by atoms with Crippen molar-refractivity contribution in [3.8, 4) is 0 Å². The van der Waals surface area contributed by atoms with Gasteiger partial charge in [0.2, 0.25) is 17.3 Å². The molecule has 42 heteroatoms. The molecule has 632 valence electrons. The lowest BCUT2D eigenvalue weighted by Crippen LogP contribution is -2.85. The molecule has 3 aromatic heterocycles. The maximum Gasteiger partial charge on any atom is 0.371 e. The van der Waals surface area contributed by atoms with Crippen molar-refractivity contribution in [3.63, 3.8) is 0 Å². The number of carbonyl (C=O) groups excluding carboxylic acids is 1. The summed E-state index contributed by atoms with van der Waals surface area (Å²) in [4.78, 5) is 97.0. The number of carbonyl (C=O) groups is 8. The number of ether oxygens (including phenoxy) is 1. The van der Waals surface area contributed by atoms with Crippen molar-refractivity contribution in [3.05, 3.63) is 198 Å². The normalized spacial score (nSPS) is 14.2. The molecular formula is C74H98Cl8N15O19+7. The van der Waals surface area contributed by atoms with E-state index in [4.69, 9.17) is 129 Å². The smallest absolute Gasteiger partial charge is 0.371 e. The van der Waals surface area contributed by atoms with Crippen LogP contribution in [-0.4, -0.2) is 186 Å². The van der Waals surface area contributed by atoms with E-state index in [1.165, 1.54) is 62.3 Å². The number of aliphatic carboxylic acids is 4. The number of nitrogens with two attached hydrogens (primary N) is 4. The van der Waals surface area contributed by atoms with E-state index in [2.05, 4.69) is 76.4 Å². The number of hydrogen-bond acceptors (Lipinski definition) is 20. The van der Waals surface area contributed by atoms with Gasteiger partial charge in [0, 0.05) is 57.1 Å². The van der Waals surface area contributed by atoms with Gasteiger partial charge in [-0.25, -0.2) is 65.2 Å². The summed E-state index contributed by atoms with van der Waals surface area (Å²) in [5.41, 5.74) is 14.3. The number of esters is 1. The molecule has 4 aromatic carbocycles. The summed E-state index contributed by atoms with van der Waals surface area (Å²) in [6.07, 6.45) is 13.4. The van der Waals surface area contributed by atoms with Crippen LogP contribution in [0.25, 0.3) is 0 Å². The molecule has 5 aliphatic rings. The Morgan fingerprint density at radius 1 is 0.422 bits per heavy atom. The fraction of sp³-hybridized carbons (Fsp3) is 0.324. The van der Waals surface area contributed by atoms with E-state index in [1.807, 2.05) is 94.1 Å². The highest BCUT2D eigenvalue weighted by atomic mass is 35.5. The largest absolute Gasteiger partial charge is 0.481 e. The third kappa shape index (κ3) is 45.4. The second-order valence-corrected chi connectivity index (χ2v) is 26.9. The minimum absolute atomic E-state index is 0.0231. The second kappa shape index (κ2) is 60.6. The number of furan rings is 3. The van der Waals surface area contributed by atoms with Gasteiger partial charge in [0.05, 0.1) is 84.1 Å². The maximum absolute atomic E-state index is 10.5. The zero-order valence-electron chi connectivity index (χ0n) is 63.1. The molecule has 0 unspecified atom stereocenters. The van der Waals surface area contributed by atoms with E-state index < -0.39 is 47.8 Å². The lowest BCUT2D eigenvalue weighted by atomic mass is 9.82. The van der Waals surface area contributed by atoms with Gasteiger partial charge in [-0.1, -0.05) is 117 Å². The molecule has 7 aromatic rings. The van der Waals surface area contributed by atoms with Gasteiger partial charge in [-0.15, -0.1) is 0 Å².